The van der Waals surface area contributed by atoms with Gasteiger partial charge in [-0.15, -0.1) is 11.3 Å². The smallest absolute Gasteiger partial charge is 0.321 e. The molecule has 1 rings (SSSR count). The zero-order valence-corrected chi connectivity index (χ0v) is 14.2. The van der Waals surface area contributed by atoms with E-state index in [-0.39, 0.29) is 12.5 Å². The van der Waals surface area contributed by atoms with Crippen LogP contribution in [0.25, 0.3) is 0 Å². The van der Waals surface area contributed by atoms with E-state index in [0.29, 0.717) is 19.0 Å². The molecule has 0 bridgehead atoms. The number of carbonyl (C=O) groups excluding carboxylic acids is 2. The molecule has 0 fully saturated rings. The lowest BCUT2D eigenvalue weighted by Crippen LogP contribution is -2.45. The number of thiophene rings is 1. The molecule has 0 saturated carbocycles. The van der Waals surface area contributed by atoms with Gasteiger partial charge in [-0.2, -0.15) is 0 Å². The average molecular weight is 332 g/mol. The fourth-order valence-corrected chi connectivity index (χ4v) is 2.78. The van der Waals surface area contributed by atoms with Crippen LogP contribution in [-0.2, 0) is 11.3 Å². The van der Waals surface area contributed by atoms with E-state index in [1.165, 1.54) is 11.3 Å². The Bertz CT molecular complexity index is 477. The molecule has 21 heavy (non-hydrogen) atoms. The lowest BCUT2D eigenvalue weighted by atomic mass is 10.2. The number of carbonyl (C=O) groups is 2. The van der Waals surface area contributed by atoms with Crippen LogP contribution in [0.5, 0.6) is 0 Å². The van der Waals surface area contributed by atoms with Gasteiger partial charge in [0.1, 0.15) is 0 Å². The molecule has 1 heterocycles. The molecule has 0 aliphatic heterocycles. The summed E-state index contributed by atoms with van der Waals surface area (Å²) in [6.45, 7) is 8.05. The number of amides is 3. The lowest BCUT2D eigenvalue weighted by Gasteiger charge is -2.18. The number of halogens is 1. The van der Waals surface area contributed by atoms with Gasteiger partial charge in [0.15, 0.2) is 0 Å². The van der Waals surface area contributed by atoms with Crippen LogP contribution in [0.4, 0.5) is 4.79 Å². The van der Waals surface area contributed by atoms with Crippen molar-refractivity contribution in [1.82, 2.24) is 15.5 Å². The third kappa shape index (κ3) is 7.45. The highest BCUT2D eigenvalue weighted by atomic mass is 35.5. The van der Waals surface area contributed by atoms with E-state index in [0.717, 1.165) is 15.8 Å². The Hall–Kier alpha value is -1.11. The molecule has 0 radical (unpaired) electrons. The van der Waals surface area contributed by atoms with Crippen molar-refractivity contribution in [2.24, 2.45) is 5.92 Å². The molecule has 7 heteroatoms. The summed E-state index contributed by atoms with van der Waals surface area (Å²) >= 11 is 7.39. The van der Waals surface area contributed by atoms with Gasteiger partial charge >= 0.3 is 6.03 Å². The topological polar surface area (TPSA) is 61.4 Å². The maximum absolute atomic E-state index is 11.8. The van der Waals surface area contributed by atoms with Crippen molar-refractivity contribution in [2.75, 3.05) is 19.6 Å². The number of imide groups is 1. The molecule has 0 aliphatic carbocycles. The van der Waals surface area contributed by atoms with Crippen LogP contribution in [-0.4, -0.2) is 36.5 Å². The normalized spacial score (nSPS) is 11.0. The van der Waals surface area contributed by atoms with Crippen LogP contribution < -0.4 is 10.6 Å². The maximum Gasteiger partial charge on any atom is 0.321 e. The van der Waals surface area contributed by atoms with Crippen LogP contribution in [0.1, 0.15) is 25.6 Å². The maximum atomic E-state index is 11.8. The molecular formula is C14H22ClN3O2S. The first-order valence-corrected chi connectivity index (χ1v) is 8.14. The van der Waals surface area contributed by atoms with Crippen molar-refractivity contribution in [3.05, 3.63) is 21.3 Å². The minimum atomic E-state index is -0.441. The summed E-state index contributed by atoms with van der Waals surface area (Å²) in [5.74, 6) is 0.0438. The number of urea groups is 1. The predicted octanol–water partition coefficient (Wildman–Crippen LogP) is 2.71. The van der Waals surface area contributed by atoms with E-state index in [4.69, 9.17) is 11.6 Å². The molecule has 0 saturated heterocycles. The molecule has 5 nitrogen and oxygen atoms in total. The predicted molar refractivity (Wildman–Crippen MR) is 86.7 cm³/mol. The highest BCUT2D eigenvalue weighted by molar-refractivity contribution is 7.16. The summed E-state index contributed by atoms with van der Waals surface area (Å²) in [7, 11) is 0. The van der Waals surface area contributed by atoms with Crippen LogP contribution in [0.15, 0.2) is 12.1 Å². The molecule has 0 spiro atoms. The van der Waals surface area contributed by atoms with Gasteiger partial charge < -0.3 is 5.32 Å². The molecule has 0 aromatic carbocycles. The Kier molecular flexibility index (Phi) is 7.71. The summed E-state index contributed by atoms with van der Waals surface area (Å²) in [6, 6.07) is 3.35. The Morgan fingerprint density at radius 1 is 1.38 bits per heavy atom. The lowest BCUT2D eigenvalue weighted by molar-refractivity contribution is -0.121. The number of likely N-dealkylation sites (N-methyl/N-ethyl adjacent to an activating group) is 1. The molecule has 1 aromatic heterocycles. The highest BCUT2D eigenvalue weighted by Gasteiger charge is 2.13. The number of hydrogen-bond acceptors (Lipinski definition) is 4. The number of nitrogens with zero attached hydrogens (tertiary/aromatic N) is 1. The second kappa shape index (κ2) is 9.02. The first-order valence-electron chi connectivity index (χ1n) is 6.95. The van der Waals surface area contributed by atoms with Gasteiger partial charge in [-0.3, -0.25) is 15.0 Å². The van der Waals surface area contributed by atoms with Gasteiger partial charge in [0.05, 0.1) is 10.9 Å². The summed E-state index contributed by atoms with van der Waals surface area (Å²) in [4.78, 5) is 26.4. The largest absolute Gasteiger partial charge is 0.338 e. The van der Waals surface area contributed by atoms with Crippen molar-refractivity contribution < 1.29 is 9.59 Å². The van der Waals surface area contributed by atoms with Crippen molar-refractivity contribution in [3.8, 4) is 0 Å². The first-order chi connectivity index (χ1) is 9.90. The third-order valence-corrected chi connectivity index (χ3v) is 3.96. The van der Waals surface area contributed by atoms with Crippen LogP contribution in [0, 0.1) is 5.92 Å². The summed E-state index contributed by atoms with van der Waals surface area (Å²) in [5.41, 5.74) is 0. The van der Waals surface area contributed by atoms with E-state index < -0.39 is 6.03 Å². The standard InChI is InChI=1S/C14H22ClN3O2S/c1-4-18(8-11-5-6-12(15)21-11)9-13(19)17-14(20)16-7-10(2)3/h5-6,10H,4,7-9H2,1-3H3,(H2,16,17,19,20). The van der Waals surface area contributed by atoms with Gasteiger partial charge in [0.25, 0.3) is 0 Å². The molecule has 3 amide bonds. The number of rotatable bonds is 7. The molecule has 0 unspecified atom stereocenters. The Morgan fingerprint density at radius 3 is 2.62 bits per heavy atom. The first kappa shape index (κ1) is 17.9. The summed E-state index contributed by atoms with van der Waals surface area (Å²) in [6.07, 6.45) is 0. The fourth-order valence-electron chi connectivity index (χ4n) is 1.65. The molecule has 2 N–H and O–H groups in total. The van der Waals surface area contributed by atoms with Crippen LogP contribution in [0.3, 0.4) is 0 Å². The van der Waals surface area contributed by atoms with E-state index in [1.807, 2.05) is 37.8 Å². The van der Waals surface area contributed by atoms with Gasteiger partial charge in [-0.05, 0) is 24.6 Å². The monoisotopic (exact) mass is 331 g/mol. The molecule has 0 aliphatic rings. The zero-order chi connectivity index (χ0) is 15.8. The molecule has 1 aromatic rings. The molecule has 118 valence electrons. The van der Waals surface area contributed by atoms with Crippen molar-refractivity contribution in [1.29, 1.82) is 0 Å². The van der Waals surface area contributed by atoms with Crippen molar-refractivity contribution in [2.45, 2.75) is 27.3 Å². The minimum Gasteiger partial charge on any atom is -0.338 e. The number of nitrogens with one attached hydrogen (secondary N) is 2. The van der Waals surface area contributed by atoms with Gasteiger partial charge in [-0.25, -0.2) is 4.79 Å². The van der Waals surface area contributed by atoms with E-state index in [1.54, 1.807) is 0 Å². The van der Waals surface area contributed by atoms with E-state index in [2.05, 4.69) is 10.6 Å². The average Bonchev–Trinajstić information content (AvgIpc) is 2.81. The molecule has 0 atom stereocenters. The van der Waals surface area contributed by atoms with Gasteiger partial charge in [0.2, 0.25) is 5.91 Å². The van der Waals surface area contributed by atoms with Crippen molar-refractivity contribution in [3.63, 3.8) is 0 Å². The zero-order valence-electron chi connectivity index (χ0n) is 12.6. The fraction of sp³-hybridized carbons (Fsp3) is 0.571. The van der Waals surface area contributed by atoms with Crippen molar-refractivity contribution >= 4 is 34.9 Å². The summed E-state index contributed by atoms with van der Waals surface area (Å²) < 4.78 is 0.735. The second-order valence-electron chi connectivity index (χ2n) is 5.16. The Labute approximate surface area is 134 Å². The Balaban J connectivity index is 2.38. The quantitative estimate of drug-likeness (QED) is 0.807. The SMILES string of the molecule is CCN(CC(=O)NC(=O)NCC(C)C)Cc1ccc(Cl)s1. The Morgan fingerprint density at radius 2 is 2.10 bits per heavy atom. The highest BCUT2D eigenvalue weighted by Crippen LogP contribution is 2.22. The van der Waals surface area contributed by atoms with Crippen LogP contribution in [0.2, 0.25) is 4.34 Å². The van der Waals surface area contributed by atoms with Gasteiger partial charge in [0, 0.05) is 18.0 Å². The van der Waals surface area contributed by atoms with Gasteiger partial charge in [-0.1, -0.05) is 32.4 Å². The molecular weight excluding hydrogens is 310 g/mol. The second-order valence-corrected chi connectivity index (χ2v) is 6.96. The number of hydrogen-bond donors (Lipinski definition) is 2. The third-order valence-electron chi connectivity index (χ3n) is 2.75. The van der Waals surface area contributed by atoms with E-state index >= 15 is 0 Å². The summed E-state index contributed by atoms with van der Waals surface area (Å²) in [5, 5.41) is 4.99. The minimum absolute atomic E-state index is 0.182. The van der Waals surface area contributed by atoms with E-state index in [9.17, 15) is 9.59 Å². The van der Waals surface area contributed by atoms with Crippen LogP contribution >= 0.6 is 22.9 Å².